The monoisotopic (exact) mass is 431 g/mol. The third-order valence-electron chi connectivity index (χ3n) is 7.91. The molecule has 4 aliphatic rings. The van der Waals surface area contributed by atoms with Crippen LogP contribution in [0.4, 0.5) is 4.39 Å². The van der Waals surface area contributed by atoms with Crippen LogP contribution in [0.15, 0.2) is 54.6 Å². The van der Waals surface area contributed by atoms with E-state index in [9.17, 15) is 9.18 Å². The molecule has 168 valence electrons. The fourth-order valence-electron chi connectivity index (χ4n) is 6.76. The van der Waals surface area contributed by atoms with E-state index in [1.807, 2.05) is 0 Å². The standard InChI is InChI=1S/C29H34FNO/c1-28(2,3)23-10-8-22(9-11-23)26(15-27(32)24-6-4-5-7-25(24)30)31-29-16-19-12-20(17-29)14-21(13-19)18-29/h4-11,15,19-21,31H,12-14,16-18H2,1-3H3/b26-15-. The fraction of sp³-hybridized carbons (Fsp3) is 0.483. The molecule has 0 radical (unpaired) electrons. The number of benzene rings is 2. The second-order valence-corrected chi connectivity index (χ2v) is 11.6. The Hall–Kier alpha value is -2.42. The van der Waals surface area contributed by atoms with Crippen molar-refractivity contribution in [1.82, 2.24) is 5.32 Å². The fourth-order valence-corrected chi connectivity index (χ4v) is 6.76. The van der Waals surface area contributed by atoms with Crippen molar-refractivity contribution < 1.29 is 9.18 Å². The van der Waals surface area contributed by atoms with Crippen molar-refractivity contribution in [2.75, 3.05) is 0 Å². The Morgan fingerprint density at radius 1 is 0.938 bits per heavy atom. The largest absolute Gasteiger partial charge is 0.379 e. The summed E-state index contributed by atoms with van der Waals surface area (Å²) in [6, 6.07) is 14.8. The first-order chi connectivity index (χ1) is 15.2. The quantitative estimate of drug-likeness (QED) is 0.412. The van der Waals surface area contributed by atoms with E-state index in [1.54, 1.807) is 24.3 Å². The Balaban J connectivity index is 1.50. The lowest BCUT2D eigenvalue weighted by atomic mass is 9.53. The number of halogens is 1. The molecular weight excluding hydrogens is 397 g/mol. The molecule has 0 saturated heterocycles. The Morgan fingerprint density at radius 3 is 2.03 bits per heavy atom. The molecule has 2 nitrogen and oxygen atoms in total. The van der Waals surface area contributed by atoms with Gasteiger partial charge in [0.2, 0.25) is 0 Å². The van der Waals surface area contributed by atoms with Crippen LogP contribution in [0.1, 0.15) is 80.8 Å². The SMILES string of the molecule is CC(C)(C)c1ccc(/C(=C/C(=O)c2ccccc2F)NC23CC4CC(CC(C4)C2)C3)cc1. The van der Waals surface area contributed by atoms with Crippen molar-refractivity contribution in [2.45, 2.75) is 70.3 Å². The summed E-state index contributed by atoms with van der Waals surface area (Å²) in [4.78, 5) is 13.1. The maximum Gasteiger partial charge on any atom is 0.190 e. The first kappa shape index (κ1) is 21.4. The van der Waals surface area contributed by atoms with Crippen LogP contribution in [0.3, 0.4) is 0 Å². The molecule has 0 atom stereocenters. The van der Waals surface area contributed by atoms with Crippen LogP contribution in [0.25, 0.3) is 5.70 Å². The van der Waals surface area contributed by atoms with Gasteiger partial charge in [0.05, 0.1) is 5.56 Å². The molecular formula is C29H34FNO. The maximum atomic E-state index is 14.3. The highest BCUT2D eigenvalue weighted by molar-refractivity contribution is 6.08. The third kappa shape index (κ3) is 4.14. The van der Waals surface area contributed by atoms with Crippen LogP contribution < -0.4 is 5.32 Å². The van der Waals surface area contributed by atoms with Crippen LogP contribution in [0.2, 0.25) is 0 Å². The van der Waals surface area contributed by atoms with Gasteiger partial charge in [-0.1, -0.05) is 57.2 Å². The highest BCUT2D eigenvalue weighted by Gasteiger charge is 2.51. The van der Waals surface area contributed by atoms with Gasteiger partial charge in [0.15, 0.2) is 5.78 Å². The van der Waals surface area contributed by atoms with Crippen molar-refractivity contribution in [3.8, 4) is 0 Å². The summed E-state index contributed by atoms with van der Waals surface area (Å²) in [6.45, 7) is 6.61. The minimum Gasteiger partial charge on any atom is -0.379 e. The van der Waals surface area contributed by atoms with Gasteiger partial charge in [-0.15, -0.1) is 0 Å². The van der Waals surface area contributed by atoms with Gasteiger partial charge in [-0.2, -0.15) is 0 Å². The van der Waals surface area contributed by atoms with Gasteiger partial charge >= 0.3 is 0 Å². The zero-order valence-corrected chi connectivity index (χ0v) is 19.5. The molecule has 2 aromatic rings. The van der Waals surface area contributed by atoms with Gasteiger partial charge in [-0.25, -0.2) is 4.39 Å². The van der Waals surface area contributed by atoms with Gasteiger partial charge < -0.3 is 5.32 Å². The van der Waals surface area contributed by atoms with E-state index in [2.05, 4.69) is 50.4 Å². The van der Waals surface area contributed by atoms with Crippen LogP contribution in [-0.2, 0) is 5.41 Å². The Labute approximate surface area is 191 Å². The first-order valence-corrected chi connectivity index (χ1v) is 12.1. The number of nitrogens with one attached hydrogen (secondary N) is 1. The molecule has 4 aliphatic carbocycles. The molecule has 0 aromatic heterocycles. The molecule has 1 N–H and O–H groups in total. The smallest absolute Gasteiger partial charge is 0.190 e. The van der Waals surface area contributed by atoms with Gasteiger partial charge in [0, 0.05) is 17.3 Å². The minimum absolute atomic E-state index is 0.0682. The number of carbonyl (C=O) groups excluding carboxylic acids is 1. The van der Waals surface area contributed by atoms with E-state index in [0.717, 1.165) is 29.0 Å². The lowest BCUT2D eigenvalue weighted by Gasteiger charge is -2.57. The average molecular weight is 432 g/mol. The first-order valence-electron chi connectivity index (χ1n) is 12.1. The van der Waals surface area contributed by atoms with E-state index in [4.69, 9.17) is 0 Å². The number of carbonyl (C=O) groups is 1. The van der Waals surface area contributed by atoms with Crippen molar-refractivity contribution in [2.24, 2.45) is 17.8 Å². The lowest BCUT2D eigenvalue weighted by molar-refractivity contribution is -0.0114. The maximum absolute atomic E-state index is 14.3. The molecule has 3 heteroatoms. The zero-order valence-electron chi connectivity index (χ0n) is 19.5. The van der Waals surface area contributed by atoms with Gasteiger partial charge in [0.1, 0.15) is 5.82 Å². The number of ketones is 1. The summed E-state index contributed by atoms with van der Waals surface area (Å²) < 4.78 is 14.3. The lowest BCUT2D eigenvalue weighted by Crippen LogP contribution is -2.57. The number of hydrogen-bond donors (Lipinski definition) is 1. The van der Waals surface area contributed by atoms with E-state index in [-0.39, 0.29) is 22.3 Å². The molecule has 0 unspecified atom stereocenters. The molecule has 0 heterocycles. The van der Waals surface area contributed by atoms with Crippen LogP contribution in [0, 0.1) is 23.6 Å². The average Bonchev–Trinajstić information content (AvgIpc) is 2.72. The van der Waals surface area contributed by atoms with Crippen molar-refractivity contribution in [3.63, 3.8) is 0 Å². The summed E-state index contributed by atoms with van der Waals surface area (Å²) >= 11 is 0. The van der Waals surface area contributed by atoms with E-state index in [0.29, 0.717) is 0 Å². The van der Waals surface area contributed by atoms with Crippen molar-refractivity contribution in [1.29, 1.82) is 0 Å². The Morgan fingerprint density at radius 2 is 1.50 bits per heavy atom. The highest BCUT2D eigenvalue weighted by Crippen LogP contribution is 2.56. The molecule has 2 aromatic carbocycles. The molecule has 4 bridgehead atoms. The summed E-state index contributed by atoms with van der Waals surface area (Å²) in [7, 11) is 0. The number of rotatable bonds is 5. The normalized spacial score (nSPS) is 29.2. The van der Waals surface area contributed by atoms with Gasteiger partial charge in [-0.05, 0) is 85.0 Å². The number of hydrogen-bond acceptors (Lipinski definition) is 2. The molecule has 0 aliphatic heterocycles. The second-order valence-electron chi connectivity index (χ2n) is 11.6. The highest BCUT2D eigenvalue weighted by atomic mass is 19.1. The molecule has 4 fully saturated rings. The summed E-state index contributed by atoms with van der Waals surface area (Å²) in [5.74, 6) is 1.67. The summed E-state index contributed by atoms with van der Waals surface area (Å²) in [6.07, 6.45) is 9.29. The topological polar surface area (TPSA) is 29.1 Å². The molecule has 0 amide bonds. The third-order valence-corrected chi connectivity index (χ3v) is 7.91. The summed E-state index contributed by atoms with van der Waals surface area (Å²) in [5.41, 5.74) is 3.36. The van der Waals surface area contributed by atoms with E-state index >= 15 is 0 Å². The predicted octanol–water partition coefficient (Wildman–Crippen LogP) is 6.91. The van der Waals surface area contributed by atoms with Crippen LogP contribution >= 0.6 is 0 Å². The molecule has 32 heavy (non-hydrogen) atoms. The number of allylic oxidation sites excluding steroid dienone is 1. The minimum atomic E-state index is -0.467. The van der Waals surface area contributed by atoms with Crippen molar-refractivity contribution in [3.05, 3.63) is 77.1 Å². The second kappa shape index (κ2) is 7.86. The predicted molar refractivity (Wildman–Crippen MR) is 128 cm³/mol. The van der Waals surface area contributed by atoms with E-state index < -0.39 is 5.82 Å². The molecule has 4 saturated carbocycles. The van der Waals surface area contributed by atoms with Crippen LogP contribution in [0.5, 0.6) is 0 Å². The molecule has 0 spiro atoms. The van der Waals surface area contributed by atoms with Crippen LogP contribution in [-0.4, -0.2) is 11.3 Å². The zero-order chi connectivity index (χ0) is 22.5. The van der Waals surface area contributed by atoms with E-state index in [1.165, 1.54) is 50.2 Å². The van der Waals surface area contributed by atoms with Crippen molar-refractivity contribution >= 4 is 11.5 Å². The molecule has 6 rings (SSSR count). The summed E-state index contributed by atoms with van der Waals surface area (Å²) in [5, 5.41) is 3.87. The van der Waals surface area contributed by atoms with Gasteiger partial charge in [-0.3, -0.25) is 4.79 Å². The Bertz CT molecular complexity index is 1010. The van der Waals surface area contributed by atoms with Gasteiger partial charge in [0.25, 0.3) is 0 Å². The Kier molecular flexibility index (Phi) is 5.27.